The third-order valence-corrected chi connectivity index (χ3v) is 7.03. The van der Waals surface area contributed by atoms with E-state index in [0.717, 1.165) is 22.0 Å². The van der Waals surface area contributed by atoms with Gasteiger partial charge in [-0.2, -0.15) is 0 Å². The first-order valence-electron chi connectivity index (χ1n) is 8.74. The van der Waals surface area contributed by atoms with E-state index >= 15 is 0 Å². The second kappa shape index (κ2) is 8.77. The molecule has 7 heteroatoms. The minimum atomic E-state index is -3.45. The zero-order chi connectivity index (χ0) is 20.1. The van der Waals surface area contributed by atoms with Crippen LogP contribution >= 0.6 is 11.8 Å². The predicted octanol–water partition coefficient (Wildman–Crippen LogP) is 3.96. The number of nitrogens with zero attached hydrogens (tertiary/aromatic N) is 1. The maximum atomic E-state index is 12.2. The van der Waals surface area contributed by atoms with Crippen molar-refractivity contribution in [3.05, 3.63) is 72.3 Å². The molecule has 0 aromatic heterocycles. The van der Waals surface area contributed by atoms with Crippen molar-refractivity contribution >= 4 is 44.2 Å². The fourth-order valence-electron chi connectivity index (χ4n) is 2.73. The van der Waals surface area contributed by atoms with Crippen molar-refractivity contribution in [3.8, 4) is 0 Å². The molecular formula is C21H22N2O3S2. The summed E-state index contributed by atoms with van der Waals surface area (Å²) in [6.45, 7) is 0. The molecule has 0 unspecified atom stereocenters. The molecule has 3 rings (SSSR count). The van der Waals surface area contributed by atoms with E-state index in [4.69, 9.17) is 0 Å². The van der Waals surface area contributed by atoms with Crippen LogP contribution in [0.3, 0.4) is 0 Å². The number of hydrogen-bond donors (Lipinski definition) is 1. The van der Waals surface area contributed by atoms with Gasteiger partial charge in [-0.15, -0.1) is 11.8 Å². The molecule has 0 atom stereocenters. The molecule has 0 aliphatic rings. The highest BCUT2D eigenvalue weighted by molar-refractivity contribution is 7.99. The molecule has 0 aliphatic carbocycles. The summed E-state index contributed by atoms with van der Waals surface area (Å²) in [4.78, 5) is 12.5. The van der Waals surface area contributed by atoms with Crippen LogP contribution < -0.4 is 5.32 Å². The van der Waals surface area contributed by atoms with E-state index < -0.39 is 10.0 Å². The lowest BCUT2D eigenvalue weighted by Gasteiger charge is -2.12. The highest BCUT2D eigenvalue weighted by atomic mass is 32.2. The number of benzene rings is 3. The van der Waals surface area contributed by atoms with Crippen molar-refractivity contribution in [3.63, 3.8) is 0 Å². The van der Waals surface area contributed by atoms with Crippen molar-refractivity contribution in [2.75, 3.05) is 25.2 Å². The lowest BCUT2D eigenvalue weighted by atomic mass is 10.1. The first-order chi connectivity index (χ1) is 13.4. The summed E-state index contributed by atoms with van der Waals surface area (Å²) < 4.78 is 25.6. The second-order valence-electron chi connectivity index (χ2n) is 6.54. The lowest BCUT2D eigenvalue weighted by Crippen LogP contribution is -2.22. The van der Waals surface area contributed by atoms with Crippen LogP contribution in [0.15, 0.2) is 71.6 Å². The molecule has 0 spiro atoms. The third-order valence-electron chi connectivity index (χ3n) is 4.21. The van der Waals surface area contributed by atoms with Gasteiger partial charge in [0.15, 0.2) is 0 Å². The largest absolute Gasteiger partial charge is 0.325 e. The molecule has 0 bridgehead atoms. The van der Waals surface area contributed by atoms with E-state index in [1.807, 2.05) is 48.5 Å². The Bertz CT molecular complexity index is 1100. The summed E-state index contributed by atoms with van der Waals surface area (Å²) in [6.07, 6.45) is 0. The van der Waals surface area contributed by atoms with Crippen LogP contribution in [0.25, 0.3) is 10.8 Å². The minimum absolute atomic E-state index is 0.0858. The quantitative estimate of drug-likeness (QED) is 0.635. The van der Waals surface area contributed by atoms with Crippen molar-refractivity contribution in [2.24, 2.45) is 0 Å². The summed E-state index contributed by atoms with van der Waals surface area (Å²) in [5, 5.41) is 5.11. The number of nitrogens with one attached hydrogen (secondary N) is 1. The highest BCUT2D eigenvalue weighted by Gasteiger charge is 2.17. The number of sulfonamides is 1. The number of fused-ring (bicyclic) bond motifs is 1. The van der Waals surface area contributed by atoms with Gasteiger partial charge in [0.2, 0.25) is 15.9 Å². The van der Waals surface area contributed by atoms with Gasteiger partial charge in [-0.05, 0) is 40.6 Å². The average Bonchev–Trinajstić information content (AvgIpc) is 2.68. The van der Waals surface area contributed by atoms with Gasteiger partial charge in [0.25, 0.3) is 0 Å². The Labute approximate surface area is 169 Å². The lowest BCUT2D eigenvalue weighted by molar-refractivity contribution is -0.113. The minimum Gasteiger partial charge on any atom is -0.325 e. The summed E-state index contributed by atoms with van der Waals surface area (Å²) >= 11 is 1.44. The number of anilines is 1. The molecule has 3 aromatic rings. The molecule has 0 radical (unpaired) electrons. The molecule has 5 nitrogen and oxygen atoms in total. The average molecular weight is 415 g/mol. The SMILES string of the molecule is CN(C)S(=O)(=O)c1cccc(CSCC(=O)Nc2ccc3ccccc3c2)c1. The van der Waals surface area contributed by atoms with Crippen molar-refractivity contribution in [1.29, 1.82) is 0 Å². The van der Waals surface area contributed by atoms with Gasteiger partial charge < -0.3 is 5.32 Å². The van der Waals surface area contributed by atoms with E-state index in [1.165, 1.54) is 30.2 Å². The fraction of sp³-hybridized carbons (Fsp3) is 0.190. The molecule has 0 heterocycles. The Morgan fingerprint density at radius 3 is 2.46 bits per heavy atom. The maximum Gasteiger partial charge on any atom is 0.242 e. The topological polar surface area (TPSA) is 66.5 Å². The number of carbonyl (C=O) groups is 1. The molecule has 0 saturated heterocycles. The summed E-state index contributed by atoms with van der Waals surface area (Å²) in [5.41, 5.74) is 1.63. The monoisotopic (exact) mass is 414 g/mol. The molecule has 0 fully saturated rings. The van der Waals surface area contributed by atoms with Gasteiger partial charge in [0.05, 0.1) is 10.6 Å². The Morgan fingerprint density at radius 1 is 0.964 bits per heavy atom. The number of hydrogen-bond acceptors (Lipinski definition) is 4. The van der Waals surface area contributed by atoms with Gasteiger partial charge in [0.1, 0.15) is 0 Å². The van der Waals surface area contributed by atoms with E-state index in [1.54, 1.807) is 18.2 Å². The van der Waals surface area contributed by atoms with Crippen LogP contribution in [0.4, 0.5) is 5.69 Å². The third kappa shape index (κ3) is 4.92. The van der Waals surface area contributed by atoms with E-state index in [-0.39, 0.29) is 16.6 Å². The number of amides is 1. The highest BCUT2D eigenvalue weighted by Crippen LogP contribution is 2.21. The smallest absolute Gasteiger partial charge is 0.242 e. The number of thioether (sulfide) groups is 1. The van der Waals surface area contributed by atoms with Crippen molar-refractivity contribution in [2.45, 2.75) is 10.6 Å². The van der Waals surface area contributed by atoms with Crippen LogP contribution in [0.5, 0.6) is 0 Å². The Kier molecular flexibility index (Phi) is 6.39. The Morgan fingerprint density at radius 2 is 1.71 bits per heavy atom. The zero-order valence-corrected chi connectivity index (χ0v) is 17.4. The Hall–Kier alpha value is -2.35. The van der Waals surface area contributed by atoms with Crippen LogP contribution in [-0.4, -0.2) is 38.5 Å². The molecule has 1 amide bonds. The first kappa shape index (κ1) is 20.4. The van der Waals surface area contributed by atoms with Crippen molar-refractivity contribution in [1.82, 2.24) is 4.31 Å². The molecule has 0 saturated carbocycles. The standard InChI is InChI=1S/C21H22N2O3S2/c1-23(2)28(25,26)20-9-5-6-16(12-20)14-27-15-21(24)22-19-11-10-17-7-3-4-8-18(17)13-19/h3-13H,14-15H2,1-2H3,(H,22,24). The number of carbonyl (C=O) groups excluding carboxylic acids is 1. The summed E-state index contributed by atoms with van der Waals surface area (Å²) in [7, 11) is -0.439. The predicted molar refractivity (Wildman–Crippen MR) is 116 cm³/mol. The first-order valence-corrected chi connectivity index (χ1v) is 11.3. The molecule has 0 aliphatic heterocycles. The molecule has 28 heavy (non-hydrogen) atoms. The Balaban J connectivity index is 1.56. The summed E-state index contributed by atoms with van der Waals surface area (Å²) in [5.74, 6) is 0.761. The van der Waals surface area contributed by atoms with E-state index in [2.05, 4.69) is 5.32 Å². The normalized spacial score (nSPS) is 11.7. The molecule has 146 valence electrons. The van der Waals surface area contributed by atoms with Crippen LogP contribution in [0, 0.1) is 0 Å². The molecular weight excluding hydrogens is 392 g/mol. The van der Waals surface area contributed by atoms with Gasteiger partial charge >= 0.3 is 0 Å². The fourth-order valence-corrected chi connectivity index (χ4v) is 4.48. The van der Waals surface area contributed by atoms with Gasteiger partial charge in [-0.25, -0.2) is 12.7 Å². The molecule has 1 N–H and O–H groups in total. The zero-order valence-electron chi connectivity index (χ0n) is 15.8. The van der Waals surface area contributed by atoms with Crippen LogP contribution in [0.1, 0.15) is 5.56 Å². The van der Waals surface area contributed by atoms with E-state index in [9.17, 15) is 13.2 Å². The van der Waals surface area contributed by atoms with Gasteiger partial charge in [-0.3, -0.25) is 4.79 Å². The van der Waals surface area contributed by atoms with Gasteiger partial charge in [-0.1, -0.05) is 42.5 Å². The molecule has 3 aromatic carbocycles. The number of rotatable bonds is 7. The van der Waals surface area contributed by atoms with E-state index in [0.29, 0.717) is 5.75 Å². The van der Waals surface area contributed by atoms with Crippen LogP contribution in [0.2, 0.25) is 0 Å². The van der Waals surface area contributed by atoms with Crippen LogP contribution in [-0.2, 0) is 20.6 Å². The maximum absolute atomic E-state index is 12.2. The second-order valence-corrected chi connectivity index (χ2v) is 9.68. The van der Waals surface area contributed by atoms with Gasteiger partial charge in [0, 0.05) is 25.5 Å². The summed E-state index contributed by atoms with van der Waals surface area (Å²) in [6, 6.07) is 20.6. The van der Waals surface area contributed by atoms with Crippen molar-refractivity contribution < 1.29 is 13.2 Å².